The molecule has 1 aliphatic rings. The van der Waals surface area contributed by atoms with Crippen LogP contribution in [0.1, 0.15) is 33.1 Å². The summed E-state index contributed by atoms with van der Waals surface area (Å²) in [4.78, 5) is 11.6. The fourth-order valence-electron chi connectivity index (χ4n) is 1.50. The monoisotopic (exact) mass is 165 g/mol. The summed E-state index contributed by atoms with van der Waals surface area (Å²) in [5.74, 6) is 5.78. The first-order valence-electron chi connectivity index (χ1n) is 4.37. The molecule has 0 aliphatic carbocycles. The second kappa shape index (κ2) is 3.73. The van der Waals surface area contributed by atoms with Gasteiger partial charge in [-0.2, -0.15) is 0 Å². The Morgan fingerprint density at radius 3 is 2.92 bits per heavy atom. The Bertz CT molecular complexity index is 228. The second-order valence-electron chi connectivity index (χ2n) is 3.39. The largest absolute Gasteiger partial charge is 0.305 e. The molecule has 66 valence electrons. The van der Waals surface area contributed by atoms with Gasteiger partial charge in [-0.3, -0.25) is 4.79 Å². The van der Waals surface area contributed by atoms with Gasteiger partial charge < -0.3 is 5.32 Å². The van der Waals surface area contributed by atoms with Gasteiger partial charge in [0, 0.05) is 0 Å². The minimum Gasteiger partial charge on any atom is -0.305 e. The molecule has 0 aromatic carbocycles. The van der Waals surface area contributed by atoms with Crippen molar-refractivity contribution in [3.8, 4) is 11.8 Å². The van der Waals surface area contributed by atoms with Crippen molar-refractivity contribution in [3.63, 3.8) is 0 Å². The van der Waals surface area contributed by atoms with Crippen molar-refractivity contribution < 1.29 is 4.79 Å². The fraction of sp³-hybridized carbons (Fsp3) is 0.700. The number of nitrogens with one attached hydrogen (secondary N) is 1. The molecule has 1 rings (SSSR count). The number of rotatable bonds is 2. The van der Waals surface area contributed by atoms with Crippen molar-refractivity contribution in [2.45, 2.75) is 38.6 Å². The summed E-state index contributed by atoms with van der Waals surface area (Å²) in [6.45, 7) is 4.69. The van der Waals surface area contributed by atoms with Crippen LogP contribution in [0.3, 0.4) is 0 Å². The van der Waals surface area contributed by atoms with Crippen molar-refractivity contribution in [1.29, 1.82) is 0 Å². The Morgan fingerprint density at radius 2 is 2.42 bits per heavy atom. The molecule has 0 saturated carbocycles. The van der Waals surface area contributed by atoms with Crippen LogP contribution in [0.15, 0.2) is 0 Å². The third kappa shape index (κ3) is 1.86. The molecule has 1 atom stereocenters. The van der Waals surface area contributed by atoms with Crippen LogP contribution < -0.4 is 5.32 Å². The van der Waals surface area contributed by atoms with Gasteiger partial charge in [0.2, 0.25) is 0 Å². The third-order valence-corrected chi connectivity index (χ3v) is 2.41. The summed E-state index contributed by atoms with van der Waals surface area (Å²) >= 11 is 0. The molecule has 1 unspecified atom stereocenters. The highest BCUT2D eigenvalue weighted by Gasteiger charge is 2.34. The van der Waals surface area contributed by atoms with Crippen molar-refractivity contribution in [3.05, 3.63) is 0 Å². The Kier molecular flexibility index (Phi) is 2.88. The summed E-state index contributed by atoms with van der Waals surface area (Å²) in [6, 6.07) is 0. The first-order chi connectivity index (χ1) is 5.69. The van der Waals surface area contributed by atoms with Crippen LogP contribution in [0.25, 0.3) is 0 Å². The van der Waals surface area contributed by atoms with Gasteiger partial charge in [0.05, 0.1) is 12.0 Å². The van der Waals surface area contributed by atoms with Crippen molar-refractivity contribution in [2.75, 3.05) is 6.54 Å². The Morgan fingerprint density at radius 1 is 1.67 bits per heavy atom. The van der Waals surface area contributed by atoms with Crippen LogP contribution in [0.2, 0.25) is 0 Å². The molecule has 1 aliphatic heterocycles. The lowest BCUT2D eigenvalue weighted by atomic mass is 9.93. The first kappa shape index (κ1) is 9.28. The highest BCUT2D eigenvalue weighted by Crippen LogP contribution is 2.20. The normalized spacial score (nSPS) is 27.8. The van der Waals surface area contributed by atoms with Gasteiger partial charge in [0.25, 0.3) is 0 Å². The highest BCUT2D eigenvalue weighted by molar-refractivity contribution is 5.90. The number of ketones is 1. The molecular formula is C10H15NO. The van der Waals surface area contributed by atoms with Crippen molar-refractivity contribution in [1.82, 2.24) is 5.32 Å². The first-order valence-corrected chi connectivity index (χ1v) is 4.37. The predicted octanol–water partition coefficient (Wildman–Crippen LogP) is 1.11. The molecule has 0 bridgehead atoms. The number of hydrogen-bond acceptors (Lipinski definition) is 2. The third-order valence-electron chi connectivity index (χ3n) is 2.41. The highest BCUT2D eigenvalue weighted by atomic mass is 16.1. The van der Waals surface area contributed by atoms with E-state index in [-0.39, 0.29) is 11.3 Å². The van der Waals surface area contributed by atoms with E-state index >= 15 is 0 Å². The van der Waals surface area contributed by atoms with Gasteiger partial charge in [0.1, 0.15) is 0 Å². The van der Waals surface area contributed by atoms with Crippen LogP contribution in [0.5, 0.6) is 0 Å². The quantitative estimate of drug-likeness (QED) is 0.621. The summed E-state index contributed by atoms with van der Waals surface area (Å²) in [7, 11) is 0. The fourth-order valence-corrected chi connectivity index (χ4v) is 1.50. The van der Waals surface area contributed by atoms with E-state index < -0.39 is 0 Å². The second-order valence-corrected chi connectivity index (χ2v) is 3.39. The van der Waals surface area contributed by atoms with E-state index in [4.69, 9.17) is 0 Å². The zero-order valence-corrected chi connectivity index (χ0v) is 7.74. The summed E-state index contributed by atoms with van der Waals surface area (Å²) < 4.78 is 0. The SMILES string of the molecule is CC#CCC(=O)C1(C)CCCN1. The maximum Gasteiger partial charge on any atom is 0.164 e. The van der Waals surface area contributed by atoms with Gasteiger partial charge in [-0.25, -0.2) is 0 Å². The smallest absolute Gasteiger partial charge is 0.164 e. The molecule has 0 aromatic heterocycles. The lowest BCUT2D eigenvalue weighted by Gasteiger charge is -2.20. The van der Waals surface area contributed by atoms with E-state index in [1.807, 2.05) is 6.92 Å². The standard InChI is InChI=1S/C10H15NO/c1-3-4-6-9(12)10(2)7-5-8-11-10/h11H,5-8H2,1-2H3. The van der Waals surface area contributed by atoms with E-state index in [0.29, 0.717) is 6.42 Å². The molecule has 12 heavy (non-hydrogen) atoms. The molecule has 0 amide bonds. The molecular weight excluding hydrogens is 150 g/mol. The van der Waals surface area contributed by atoms with E-state index in [2.05, 4.69) is 17.2 Å². The molecule has 1 fully saturated rings. The molecule has 0 radical (unpaired) electrons. The minimum atomic E-state index is -0.288. The van der Waals surface area contributed by atoms with Gasteiger partial charge in [-0.1, -0.05) is 5.92 Å². The van der Waals surface area contributed by atoms with Crippen molar-refractivity contribution in [2.24, 2.45) is 0 Å². The number of carbonyl (C=O) groups excluding carboxylic acids is 1. The predicted molar refractivity (Wildman–Crippen MR) is 48.7 cm³/mol. The molecule has 0 aromatic rings. The van der Waals surface area contributed by atoms with E-state index in [0.717, 1.165) is 19.4 Å². The maximum atomic E-state index is 11.6. The van der Waals surface area contributed by atoms with Crippen LogP contribution in [-0.2, 0) is 4.79 Å². The molecule has 1 saturated heterocycles. The van der Waals surface area contributed by atoms with Gasteiger partial charge in [0.15, 0.2) is 5.78 Å². The lowest BCUT2D eigenvalue weighted by molar-refractivity contribution is -0.123. The number of Topliss-reactive ketones (excluding diaryl/α,β-unsaturated/α-hetero) is 1. The lowest BCUT2D eigenvalue weighted by Crippen LogP contribution is -2.44. The zero-order chi connectivity index (χ0) is 9.03. The molecule has 1 heterocycles. The molecule has 2 heteroatoms. The topological polar surface area (TPSA) is 29.1 Å². The average molecular weight is 165 g/mol. The summed E-state index contributed by atoms with van der Waals surface area (Å²) in [5, 5.41) is 3.22. The maximum absolute atomic E-state index is 11.6. The van der Waals surface area contributed by atoms with E-state index in [1.165, 1.54) is 0 Å². The number of hydrogen-bond donors (Lipinski definition) is 1. The summed E-state index contributed by atoms with van der Waals surface area (Å²) in [6.07, 6.45) is 2.44. The van der Waals surface area contributed by atoms with Gasteiger partial charge >= 0.3 is 0 Å². The minimum absolute atomic E-state index is 0.231. The molecule has 1 N–H and O–H groups in total. The Labute approximate surface area is 73.7 Å². The Hall–Kier alpha value is -0.810. The summed E-state index contributed by atoms with van der Waals surface area (Å²) in [5.41, 5.74) is -0.288. The van der Waals surface area contributed by atoms with Crippen LogP contribution in [0.4, 0.5) is 0 Å². The number of carbonyl (C=O) groups is 1. The molecule has 0 spiro atoms. The van der Waals surface area contributed by atoms with Gasteiger partial charge in [-0.15, -0.1) is 5.92 Å². The van der Waals surface area contributed by atoms with Crippen LogP contribution in [0, 0.1) is 11.8 Å². The van der Waals surface area contributed by atoms with Gasteiger partial charge in [-0.05, 0) is 33.2 Å². The van der Waals surface area contributed by atoms with Crippen molar-refractivity contribution >= 4 is 5.78 Å². The Balaban J connectivity index is 2.53. The van der Waals surface area contributed by atoms with E-state index in [9.17, 15) is 4.79 Å². The van der Waals surface area contributed by atoms with Crippen LogP contribution >= 0.6 is 0 Å². The van der Waals surface area contributed by atoms with E-state index in [1.54, 1.807) is 6.92 Å². The van der Waals surface area contributed by atoms with Crippen LogP contribution in [-0.4, -0.2) is 17.9 Å². The zero-order valence-electron chi connectivity index (χ0n) is 7.74. The molecule has 2 nitrogen and oxygen atoms in total. The average Bonchev–Trinajstić information content (AvgIpc) is 2.49.